The van der Waals surface area contributed by atoms with Gasteiger partial charge >= 0.3 is 6.01 Å². The van der Waals surface area contributed by atoms with Crippen LogP contribution >= 0.6 is 0 Å². The molecule has 0 atom stereocenters. The van der Waals surface area contributed by atoms with Gasteiger partial charge < -0.3 is 9.64 Å². The van der Waals surface area contributed by atoms with Crippen molar-refractivity contribution in [1.29, 1.82) is 0 Å². The topological polar surface area (TPSA) is 38.2 Å². The lowest BCUT2D eigenvalue weighted by Crippen LogP contribution is -2.46. The largest absolute Gasteiger partial charge is 0.460 e. The van der Waals surface area contributed by atoms with Crippen molar-refractivity contribution in [3.63, 3.8) is 0 Å². The van der Waals surface area contributed by atoms with Crippen LogP contribution in [-0.4, -0.2) is 40.1 Å². The molecule has 1 aromatic rings. The van der Waals surface area contributed by atoms with E-state index in [1.165, 1.54) is 19.3 Å². The summed E-state index contributed by atoms with van der Waals surface area (Å²) < 4.78 is 18.3. The fourth-order valence-corrected chi connectivity index (χ4v) is 2.62. The SMILES string of the molecule is Fc1cnc(OC2CCN(C3CCC3)CC2)nc1. The first-order valence-corrected chi connectivity index (χ1v) is 6.69. The van der Waals surface area contributed by atoms with Crippen molar-refractivity contribution >= 4 is 0 Å². The van der Waals surface area contributed by atoms with Crippen LogP contribution in [0, 0.1) is 5.82 Å². The Morgan fingerprint density at radius 3 is 2.33 bits per heavy atom. The van der Waals surface area contributed by atoms with Crippen LogP contribution in [0.3, 0.4) is 0 Å². The molecule has 4 nitrogen and oxygen atoms in total. The Morgan fingerprint density at radius 1 is 1.11 bits per heavy atom. The highest BCUT2D eigenvalue weighted by Crippen LogP contribution is 2.28. The molecule has 2 heterocycles. The van der Waals surface area contributed by atoms with Crippen molar-refractivity contribution in [3.8, 4) is 6.01 Å². The zero-order valence-corrected chi connectivity index (χ0v) is 10.4. The molecule has 0 unspecified atom stereocenters. The minimum absolute atomic E-state index is 0.173. The van der Waals surface area contributed by atoms with Gasteiger partial charge in [-0.2, -0.15) is 0 Å². The molecule has 5 heteroatoms. The molecule has 1 aromatic heterocycles. The van der Waals surface area contributed by atoms with E-state index < -0.39 is 5.82 Å². The normalized spacial score (nSPS) is 22.7. The van der Waals surface area contributed by atoms with Crippen LogP contribution in [-0.2, 0) is 0 Å². The Hall–Kier alpha value is -1.23. The fraction of sp³-hybridized carbons (Fsp3) is 0.692. The van der Waals surface area contributed by atoms with E-state index in [2.05, 4.69) is 14.9 Å². The lowest BCUT2D eigenvalue weighted by Gasteiger charge is -2.41. The predicted octanol–water partition coefficient (Wildman–Crippen LogP) is 2.01. The predicted molar refractivity (Wildman–Crippen MR) is 64.9 cm³/mol. The molecule has 0 spiro atoms. The van der Waals surface area contributed by atoms with Gasteiger partial charge in [0.15, 0.2) is 5.82 Å². The zero-order chi connectivity index (χ0) is 12.4. The summed E-state index contributed by atoms with van der Waals surface area (Å²) in [5.41, 5.74) is 0. The lowest BCUT2D eigenvalue weighted by molar-refractivity contribution is 0.0453. The average molecular weight is 251 g/mol. The first kappa shape index (κ1) is 11.8. The molecule has 0 radical (unpaired) electrons. The van der Waals surface area contributed by atoms with E-state index >= 15 is 0 Å². The van der Waals surface area contributed by atoms with Crippen molar-refractivity contribution in [1.82, 2.24) is 14.9 Å². The third-order valence-corrected chi connectivity index (χ3v) is 3.94. The molecule has 2 fully saturated rings. The third-order valence-electron chi connectivity index (χ3n) is 3.94. The van der Waals surface area contributed by atoms with Gasteiger partial charge in [0.05, 0.1) is 12.4 Å². The van der Waals surface area contributed by atoms with Crippen LogP contribution in [0.5, 0.6) is 6.01 Å². The summed E-state index contributed by atoms with van der Waals surface area (Å²) in [6.45, 7) is 2.19. The number of rotatable bonds is 3. The third kappa shape index (κ3) is 2.61. The van der Waals surface area contributed by atoms with E-state index in [0.717, 1.165) is 44.4 Å². The van der Waals surface area contributed by atoms with E-state index in [9.17, 15) is 4.39 Å². The van der Waals surface area contributed by atoms with Gasteiger partial charge in [0.2, 0.25) is 0 Å². The highest BCUT2D eigenvalue weighted by molar-refractivity contribution is 4.97. The van der Waals surface area contributed by atoms with Crippen LogP contribution in [0.1, 0.15) is 32.1 Å². The number of hydrogen-bond acceptors (Lipinski definition) is 4. The summed E-state index contributed by atoms with van der Waals surface area (Å²) in [6, 6.07) is 1.10. The van der Waals surface area contributed by atoms with Crippen molar-refractivity contribution < 1.29 is 9.13 Å². The molecule has 98 valence electrons. The van der Waals surface area contributed by atoms with Crippen molar-refractivity contribution in [3.05, 3.63) is 18.2 Å². The Morgan fingerprint density at radius 2 is 1.78 bits per heavy atom. The number of nitrogens with zero attached hydrogens (tertiary/aromatic N) is 3. The number of hydrogen-bond donors (Lipinski definition) is 0. The molecule has 1 saturated carbocycles. The Bertz CT molecular complexity index is 386. The Kier molecular flexibility index (Phi) is 3.41. The minimum Gasteiger partial charge on any atom is -0.460 e. The monoisotopic (exact) mass is 251 g/mol. The standard InChI is InChI=1S/C13H18FN3O/c14-10-8-15-13(16-9-10)18-12-4-6-17(7-5-12)11-2-1-3-11/h8-9,11-12H,1-7H2. The quantitative estimate of drug-likeness (QED) is 0.823. The number of aromatic nitrogens is 2. The molecule has 1 aliphatic heterocycles. The molecule has 3 rings (SSSR count). The summed E-state index contributed by atoms with van der Waals surface area (Å²) in [6.07, 6.45) is 8.57. The van der Waals surface area contributed by atoms with Crippen molar-refractivity contribution in [2.24, 2.45) is 0 Å². The summed E-state index contributed by atoms with van der Waals surface area (Å²) in [5, 5.41) is 0. The van der Waals surface area contributed by atoms with Crippen LogP contribution < -0.4 is 4.74 Å². The molecule has 0 bridgehead atoms. The summed E-state index contributed by atoms with van der Waals surface area (Å²) in [4.78, 5) is 10.2. The molecule has 18 heavy (non-hydrogen) atoms. The van der Waals surface area contributed by atoms with Crippen LogP contribution in [0.15, 0.2) is 12.4 Å². The van der Waals surface area contributed by atoms with Crippen LogP contribution in [0.4, 0.5) is 4.39 Å². The van der Waals surface area contributed by atoms with Gasteiger partial charge in [-0.3, -0.25) is 0 Å². The van der Waals surface area contributed by atoms with Gasteiger partial charge in [-0.25, -0.2) is 14.4 Å². The van der Waals surface area contributed by atoms with E-state index in [1.807, 2.05) is 0 Å². The molecule has 0 aromatic carbocycles. The van der Waals surface area contributed by atoms with Gasteiger partial charge in [-0.05, 0) is 25.7 Å². The minimum atomic E-state index is -0.429. The molecule has 0 amide bonds. The molecular formula is C13H18FN3O. The second kappa shape index (κ2) is 5.18. The Balaban J connectivity index is 1.48. The molecule has 1 aliphatic carbocycles. The first-order chi connectivity index (χ1) is 8.81. The second-order valence-electron chi connectivity index (χ2n) is 5.12. The van der Waals surface area contributed by atoms with Crippen molar-refractivity contribution in [2.75, 3.05) is 13.1 Å². The van der Waals surface area contributed by atoms with Crippen LogP contribution in [0.25, 0.3) is 0 Å². The van der Waals surface area contributed by atoms with E-state index in [1.54, 1.807) is 0 Å². The summed E-state index contributed by atoms with van der Waals surface area (Å²) in [5.74, 6) is -0.429. The lowest BCUT2D eigenvalue weighted by atomic mass is 9.90. The molecule has 1 saturated heterocycles. The maximum absolute atomic E-state index is 12.7. The number of likely N-dealkylation sites (tertiary alicyclic amines) is 1. The van der Waals surface area contributed by atoms with Crippen LogP contribution in [0.2, 0.25) is 0 Å². The number of ether oxygens (including phenoxy) is 1. The smallest absolute Gasteiger partial charge is 0.316 e. The maximum atomic E-state index is 12.7. The van der Waals surface area contributed by atoms with Gasteiger partial charge in [0.1, 0.15) is 6.10 Å². The summed E-state index contributed by atoms with van der Waals surface area (Å²) >= 11 is 0. The molecule has 2 aliphatic rings. The van der Waals surface area contributed by atoms with E-state index in [4.69, 9.17) is 4.74 Å². The number of piperidine rings is 1. The Labute approximate surface area is 106 Å². The summed E-state index contributed by atoms with van der Waals surface area (Å²) in [7, 11) is 0. The van der Waals surface area contributed by atoms with Gasteiger partial charge in [-0.1, -0.05) is 6.42 Å². The van der Waals surface area contributed by atoms with E-state index in [-0.39, 0.29) is 6.10 Å². The van der Waals surface area contributed by atoms with E-state index in [0.29, 0.717) is 6.01 Å². The van der Waals surface area contributed by atoms with Gasteiger partial charge in [-0.15, -0.1) is 0 Å². The zero-order valence-electron chi connectivity index (χ0n) is 10.4. The highest BCUT2D eigenvalue weighted by atomic mass is 19.1. The number of halogens is 1. The second-order valence-corrected chi connectivity index (χ2v) is 5.12. The van der Waals surface area contributed by atoms with Crippen molar-refractivity contribution in [2.45, 2.75) is 44.2 Å². The van der Waals surface area contributed by atoms with Gasteiger partial charge in [0.25, 0.3) is 0 Å². The maximum Gasteiger partial charge on any atom is 0.316 e. The molecule has 0 N–H and O–H groups in total. The van der Waals surface area contributed by atoms with Gasteiger partial charge in [0, 0.05) is 19.1 Å². The fourth-order valence-electron chi connectivity index (χ4n) is 2.62. The highest BCUT2D eigenvalue weighted by Gasteiger charge is 2.29. The molecular weight excluding hydrogens is 233 g/mol. The average Bonchev–Trinajstić information content (AvgIpc) is 2.32. The first-order valence-electron chi connectivity index (χ1n) is 6.69.